The van der Waals surface area contributed by atoms with E-state index in [2.05, 4.69) is 31.2 Å². The topological polar surface area (TPSA) is 54.9 Å². The highest BCUT2D eigenvalue weighted by molar-refractivity contribution is 9.10. The number of hydrogen-bond donors (Lipinski definition) is 1. The summed E-state index contributed by atoms with van der Waals surface area (Å²) >= 11 is 4.98. The van der Waals surface area contributed by atoms with Crippen molar-refractivity contribution in [3.63, 3.8) is 0 Å². The van der Waals surface area contributed by atoms with Crippen LogP contribution in [-0.4, -0.2) is 15.9 Å². The van der Waals surface area contributed by atoms with Crippen LogP contribution in [0.25, 0.3) is 10.6 Å². The molecule has 24 heavy (non-hydrogen) atoms. The molecule has 0 aliphatic rings. The van der Waals surface area contributed by atoms with Crippen molar-refractivity contribution in [3.05, 3.63) is 69.4 Å². The Labute approximate surface area is 153 Å². The average Bonchev–Trinajstić information content (AvgIpc) is 2.97. The maximum atomic E-state index is 12.1. The standard InChI is InChI=1S/C18H16BrN3OS/c1-12-16(24-18(22-12)14-3-2-8-20-10-14)11-21-17(23)9-13-4-6-15(19)7-5-13/h2-8,10H,9,11H2,1H3,(H,21,23). The van der Waals surface area contributed by atoms with Gasteiger partial charge < -0.3 is 5.32 Å². The van der Waals surface area contributed by atoms with E-state index < -0.39 is 0 Å². The molecule has 3 rings (SSSR count). The van der Waals surface area contributed by atoms with Gasteiger partial charge in [-0.3, -0.25) is 9.78 Å². The second-order valence-electron chi connectivity index (χ2n) is 5.35. The number of benzene rings is 1. The van der Waals surface area contributed by atoms with Crippen LogP contribution in [0.3, 0.4) is 0 Å². The van der Waals surface area contributed by atoms with E-state index in [0.717, 1.165) is 31.2 Å². The lowest BCUT2D eigenvalue weighted by Gasteiger charge is -2.04. The van der Waals surface area contributed by atoms with E-state index in [-0.39, 0.29) is 5.91 Å². The molecule has 0 saturated carbocycles. The third-order valence-electron chi connectivity index (χ3n) is 3.53. The fraction of sp³-hybridized carbons (Fsp3) is 0.167. The molecule has 0 fully saturated rings. The fourth-order valence-electron chi connectivity index (χ4n) is 2.23. The van der Waals surface area contributed by atoms with Crippen LogP contribution in [-0.2, 0) is 17.8 Å². The zero-order valence-electron chi connectivity index (χ0n) is 13.1. The monoisotopic (exact) mass is 401 g/mol. The van der Waals surface area contributed by atoms with Gasteiger partial charge in [0.15, 0.2) is 0 Å². The molecule has 1 N–H and O–H groups in total. The Hall–Kier alpha value is -2.05. The number of nitrogens with one attached hydrogen (secondary N) is 1. The number of pyridine rings is 1. The predicted octanol–water partition coefficient (Wildman–Crippen LogP) is 4.13. The summed E-state index contributed by atoms with van der Waals surface area (Å²) in [5, 5.41) is 3.90. The fourth-order valence-corrected chi connectivity index (χ4v) is 3.49. The van der Waals surface area contributed by atoms with Crippen LogP contribution in [0, 0.1) is 6.92 Å². The molecule has 0 spiro atoms. The van der Waals surface area contributed by atoms with Gasteiger partial charge in [-0.05, 0) is 36.8 Å². The lowest BCUT2D eigenvalue weighted by Crippen LogP contribution is -2.24. The normalized spacial score (nSPS) is 10.6. The smallest absolute Gasteiger partial charge is 0.224 e. The van der Waals surface area contributed by atoms with Gasteiger partial charge in [0.05, 0.1) is 18.7 Å². The van der Waals surface area contributed by atoms with E-state index in [1.54, 1.807) is 23.7 Å². The molecule has 0 radical (unpaired) electrons. The van der Waals surface area contributed by atoms with Gasteiger partial charge in [-0.1, -0.05) is 28.1 Å². The van der Waals surface area contributed by atoms with Gasteiger partial charge in [-0.15, -0.1) is 11.3 Å². The first-order chi connectivity index (χ1) is 11.6. The van der Waals surface area contributed by atoms with Crippen LogP contribution in [0.15, 0.2) is 53.3 Å². The largest absolute Gasteiger partial charge is 0.351 e. The minimum atomic E-state index is 0.00745. The predicted molar refractivity (Wildman–Crippen MR) is 99.8 cm³/mol. The molecule has 0 atom stereocenters. The van der Waals surface area contributed by atoms with E-state index >= 15 is 0 Å². The van der Waals surface area contributed by atoms with Crippen LogP contribution in [0.4, 0.5) is 0 Å². The van der Waals surface area contributed by atoms with Crippen LogP contribution in [0.5, 0.6) is 0 Å². The summed E-state index contributed by atoms with van der Waals surface area (Å²) in [6.07, 6.45) is 3.92. The number of amides is 1. The van der Waals surface area contributed by atoms with Crippen molar-refractivity contribution >= 4 is 33.2 Å². The molecule has 1 amide bonds. The second-order valence-corrected chi connectivity index (χ2v) is 7.35. The molecule has 0 saturated heterocycles. The maximum Gasteiger partial charge on any atom is 0.224 e. The van der Waals surface area contributed by atoms with Crippen LogP contribution in [0.2, 0.25) is 0 Å². The number of halogens is 1. The summed E-state index contributed by atoms with van der Waals surface area (Å²) in [7, 11) is 0. The van der Waals surface area contributed by atoms with E-state index in [1.165, 1.54) is 0 Å². The van der Waals surface area contributed by atoms with E-state index in [4.69, 9.17) is 0 Å². The number of thiazole rings is 1. The minimum absolute atomic E-state index is 0.00745. The van der Waals surface area contributed by atoms with Crippen molar-refractivity contribution in [2.45, 2.75) is 19.9 Å². The molecular weight excluding hydrogens is 386 g/mol. The van der Waals surface area contributed by atoms with Crippen molar-refractivity contribution < 1.29 is 4.79 Å². The summed E-state index contributed by atoms with van der Waals surface area (Å²) in [4.78, 5) is 21.9. The van der Waals surface area contributed by atoms with E-state index in [1.807, 2.05) is 43.3 Å². The molecule has 3 aromatic rings. The Morgan fingerprint density at radius 1 is 1.25 bits per heavy atom. The lowest BCUT2D eigenvalue weighted by atomic mass is 10.1. The first kappa shape index (κ1) is 16.8. The molecular formula is C18H16BrN3OS. The summed E-state index contributed by atoms with van der Waals surface area (Å²) in [6, 6.07) is 11.7. The molecule has 1 aromatic carbocycles. The highest BCUT2D eigenvalue weighted by atomic mass is 79.9. The molecule has 0 aliphatic heterocycles. The van der Waals surface area contributed by atoms with Gasteiger partial charge in [-0.2, -0.15) is 0 Å². The number of carbonyl (C=O) groups excluding carboxylic acids is 1. The third-order valence-corrected chi connectivity index (χ3v) is 5.26. The van der Waals surface area contributed by atoms with Crippen molar-refractivity contribution in [1.29, 1.82) is 0 Å². The lowest BCUT2D eigenvalue weighted by molar-refractivity contribution is -0.120. The molecule has 0 unspecified atom stereocenters. The van der Waals surface area contributed by atoms with Crippen molar-refractivity contribution in [2.24, 2.45) is 0 Å². The van der Waals surface area contributed by atoms with Gasteiger partial charge in [0.25, 0.3) is 0 Å². The second kappa shape index (κ2) is 7.68. The van der Waals surface area contributed by atoms with Gasteiger partial charge in [0, 0.05) is 27.3 Å². The number of rotatable bonds is 5. The quantitative estimate of drug-likeness (QED) is 0.698. The molecule has 0 aliphatic carbocycles. The molecule has 2 aromatic heterocycles. The molecule has 0 bridgehead atoms. The zero-order chi connectivity index (χ0) is 16.9. The number of carbonyl (C=O) groups is 1. The Morgan fingerprint density at radius 2 is 2.04 bits per heavy atom. The number of aromatic nitrogens is 2. The number of aryl methyl sites for hydroxylation is 1. The van der Waals surface area contributed by atoms with Crippen molar-refractivity contribution in [2.75, 3.05) is 0 Å². The number of nitrogens with zero attached hydrogens (tertiary/aromatic N) is 2. The Bertz CT molecular complexity index is 831. The average molecular weight is 402 g/mol. The maximum absolute atomic E-state index is 12.1. The first-order valence-electron chi connectivity index (χ1n) is 7.49. The SMILES string of the molecule is Cc1nc(-c2cccnc2)sc1CNC(=O)Cc1ccc(Br)cc1. The molecule has 4 nitrogen and oxygen atoms in total. The van der Waals surface area contributed by atoms with Crippen LogP contribution in [0.1, 0.15) is 16.1 Å². The zero-order valence-corrected chi connectivity index (χ0v) is 15.5. The van der Waals surface area contributed by atoms with Crippen molar-refractivity contribution in [1.82, 2.24) is 15.3 Å². The molecule has 2 heterocycles. The Balaban J connectivity index is 1.61. The van der Waals surface area contributed by atoms with Gasteiger partial charge in [-0.25, -0.2) is 4.98 Å². The minimum Gasteiger partial charge on any atom is -0.351 e. The highest BCUT2D eigenvalue weighted by Crippen LogP contribution is 2.27. The first-order valence-corrected chi connectivity index (χ1v) is 9.10. The Morgan fingerprint density at radius 3 is 2.75 bits per heavy atom. The summed E-state index contributed by atoms with van der Waals surface area (Å²) in [5.74, 6) is 0.00745. The van der Waals surface area contributed by atoms with Crippen LogP contribution >= 0.6 is 27.3 Å². The Kier molecular flexibility index (Phi) is 5.37. The van der Waals surface area contributed by atoms with E-state index in [9.17, 15) is 4.79 Å². The van der Waals surface area contributed by atoms with E-state index in [0.29, 0.717) is 13.0 Å². The van der Waals surface area contributed by atoms with Crippen molar-refractivity contribution in [3.8, 4) is 10.6 Å². The highest BCUT2D eigenvalue weighted by Gasteiger charge is 2.11. The molecule has 122 valence electrons. The van der Waals surface area contributed by atoms with Gasteiger partial charge in [0.1, 0.15) is 5.01 Å². The van der Waals surface area contributed by atoms with Gasteiger partial charge >= 0.3 is 0 Å². The molecule has 6 heteroatoms. The summed E-state index contributed by atoms with van der Waals surface area (Å²) in [5.41, 5.74) is 2.94. The summed E-state index contributed by atoms with van der Waals surface area (Å²) in [6.45, 7) is 2.46. The third kappa shape index (κ3) is 4.27. The summed E-state index contributed by atoms with van der Waals surface area (Å²) < 4.78 is 1.01. The van der Waals surface area contributed by atoms with Crippen LogP contribution < -0.4 is 5.32 Å². The number of hydrogen-bond acceptors (Lipinski definition) is 4. The van der Waals surface area contributed by atoms with Gasteiger partial charge in [0.2, 0.25) is 5.91 Å².